The van der Waals surface area contributed by atoms with E-state index in [1.165, 1.54) is 30.0 Å². The third-order valence-electron chi connectivity index (χ3n) is 7.24. The Kier molecular flexibility index (Phi) is 8.85. The van der Waals surface area contributed by atoms with E-state index in [0.717, 1.165) is 12.8 Å². The zero-order valence-electron chi connectivity index (χ0n) is 22.6. The summed E-state index contributed by atoms with van der Waals surface area (Å²) < 4.78 is 27.6. The number of benzene rings is 1. The second-order valence-electron chi connectivity index (χ2n) is 9.96. The molecule has 0 amide bonds. The van der Waals surface area contributed by atoms with Crippen molar-refractivity contribution in [3.8, 4) is 17.0 Å². The Labute approximate surface area is 240 Å². The molecular weight excluding hydrogens is 555 g/mol. The number of fused-ring (bicyclic) bond motifs is 1. The number of rotatable bonds is 10. The Hall–Kier alpha value is -3.55. The van der Waals surface area contributed by atoms with Crippen LogP contribution in [-0.2, 0) is 4.74 Å². The summed E-state index contributed by atoms with van der Waals surface area (Å²) in [6, 6.07) is 4.37. The highest BCUT2D eigenvalue weighted by Gasteiger charge is 2.24. The lowest BCUT2D eigenvalue weighted by molar-refractivity contribution is 0.0616. The third-order valence-corrected chi connectivity index (χ3v) is 7.52. The maximum atomic E-state index is 14.0. The van der Waals surface area contributed by atoms with Crippen LogP contribution in [-0.4, -0.2) is 68.3 Å². The molecule has 5 rings (SSSR count). The van der Waals surface area contributed by atoms with Gasteiger partial charge in [0, 0.05) is 49.5 Å². The fraction of sp³-hybridized carbons (Fsp3) is 0.393. The predicted octanol–water partition coefficient (Wildman–Crippen LogP) is 3.15. The quantitative estimate of drug-likeness (QED) is 0.207. The van der Waals surface area contributed by atoms with Crippen LogP contribution in [0.4, 0.5) is 10.3 Å². The minimum Gasteiger partial charge on any atom is -0.497 e. The van der Waals surface area contributed by atoms with Gasteiger partial charge in [-0.05, 0) is 43.5 Å². The molecule has 3 atom stereocenters. The molecule has 4 heterocycles. The summed E-state index contributed by atoms with van der Waals surface area (Å²) in [4.78, 5) is 22.4. The Morgan fingerprint density at radius 1 is 1.24 bits per heavy atom. The van der Waals surface area contributed by atoms with Crippen LogP contribution in [0.1, 0.15) is 37.4 Å². The van der Waals surface area contributed by atoms with Crippen LogP contribution in [0.5, 0.6) is 5.75 Å². The van der Waals surface area contributed by atoms with Crippen molar-refractivity contribution in [3.63, 3.8) is 0 Å². The molecule has 4 aromatic rings. The third kappa shape index (κ3) is 6.36. The molecule has 0 aliphatic carbocycles. The number of nitrogens with zero attached hydrogens (tertiary/aromatic N) is 4. The van der Waals surface area contributed by atoms with Crippen LogP contribution < -0.4 is 20.9 Å². The highest BCUT2D eigenvalue weighted by molar-refractivity contribution is 6.32. The van der Waals surface area contributed by atoms with Crippen molar-refractivity contribution in [1.82, 2.24) is 24.3 Å². The summed E-state index contributed by atoms with van der Waals surface area (Å²) in [7, 11) is 1.41. The molecule has 4 N–H and O–H groups in total. The van der Waals surface area contributed by atoms with Crippen LogP contribution in [0.3, 0.4) is 0 Å². The van der Waals surface area contributed by atoms with E-state index in [1.807, 2.05) is 0 Å². The number of hydrogen-bond acceptors (Lipinski definition) is 9. The molecule has 0 spiro atoms. The van der Waals surface area contributed by atoms with Gasteiger partial charge in [-0.3, -0.25) is 10.1 Å². The number of anilines is 1. The first-order chi connectivity index (χ1) is 19.8. The van der Waals surface area contributed by atoms with Gasteiger partial charge in [0.2, 0.25) is 5.95 Å². The van der Waals surface area contributed by atoms with Crippen molar-refractivity contribution >= 4 is 23.1 Å². The smallest absolute Gasteiger partial charge is 0.275 e. The number of nitrogens with one attached hydrogen (secondary N) is 2. The van der Waals surface area contributed by atoms with Gasteiger partial charge in [-0.15, -0.1) is 0 Å². The van der Waals surface area contributed by atoms with E-state index in [4.69, 9.17) is 21.1 Å². The van der Waals surface area contributed by atoms with Crippen molar-refractivity contribution in [3.05, 3.63) is 75.8 Å². The average molecular weight is 587 g/mol. The number of ether oxygens (including phenoxy) is 2. The number of halogens is 2. The van der Waals surface area contributed by atoms with Crippen LogP contribution in [0.25, 0.3) is 16.8 Å². The maximum absolute atomic E-state index is 14.0. The van der Waals surface area contributed by atoms with Gasteiger partial charge in [-0.2, -0.15) is 0 Å². The van der Waals surface area contributed by atoms with Crippen LogP contribution in [0, 0.1) is 5.82 Å². The first kappa shape index (κ1) is 29.0. The summed E-state index contributed by atoms with van der Waals surface area (Å²) in [5, 5.41) is 27.4. The van der Waals surface area contributed by atoms with E-state index in [-0.39, 0.29) is 17.4 Å². The number of methoxy groups -OCH3 is 1. The van der Waals surface area contributed by atoms with E-state index in [0.29, 0.717) is 46.5 Å². The fourth-order valence-corrected chi connectivity index (χ4v) is 5.09. The lowest BCUT2D eigenvalue weighted by Crippen LogP contribution is -2.42. The van der Waals surface area contributed by atoms with Crippen LogP contribution in [0.15, 0.2) is 53.8 Å². The molecule has 1 aliphatic heterocycles. The van der Waals surface area contributed by atoms with Gasteiger partial charge in [0.05, 0.1) is 42.7 Å². The summed E-state index contributed by atoms with van der Waals surface area (Å²) in [6.07, 6.45) is 6.99. The topological polar surface area (TPSA) is 135 Å². The monoisotopic (exact) mass is 586 g/mol. The summed E-state index contributed by atoms with van der Waals surface area (Å²) in [6.45, 7) is 2.60. The zero-order chi connectivity index (χ0) is 29.1. The van der Waals surface area contributed by atoms with E-state index in [9.17, 15) is 19.4 Å². The molecule has 1 unspecified atom stereocenters. The minimum absolute atomic E-state index is 0.202. The second kappa shape index (κ2) is 12.5. The molecule has 11 nitrogen and oxygen atoms in total. The lowest BCUT2D eigenvalue weighted by atomic mass is 10.1. The standard InChI is InChI=1S/C28H32ClFN6O5/c1-16(26(38)33-23(15-37)17-9-19(30)12-21(10-17)40-2)36-6-5-35-14-18(11-24(35)27(36)39)25-22(29)13-31-28(34-25)32-20-3-7-41-8-4-20/h5-6,9-14,16,20,23,26,33,37-38H,3-4,7-8,15H2,1-2H3,(H,31,32,34)/t16-,23+,26?/m0/s1. The van der Waals surface area contributed by atoms with Crippen LogP contribution in [0.2, 0.25) is 5.02 Å². The molecule has 41 heavy (non-hydrogen) atoms. The van der Waals surface area contributed by atoms with Crippen molar-refractivity contribution < 1.29 is 24.1 Å². The predicted molar refractivity (Wildman–Crippen MR) is 152 cm³/mol. The molecule has 1 fully saturated rings. The highest BCUT2D eigenvalue weighted by Crippen LogP contribution is 2.28. The molecule has 1 saturated heterocycles. The van der Waals surface area contributed by atoms with Gasteiger partial charge >= 0.3 is 0 Å². The molecule has 3 aromatic heterocycles. The molecule has 0 bridgehead atoms. The maximum Gasteiger partial charge on any atom is 0.275 e. The first-order valence-corrected chi connectivity index (χ1v) is 13.6. The van der Waals surface area contributed by atoms with Gasteiger partial charge in [0.1, 0.15) is 23.3 Å². The molecule has 218 valence electrons. The Morgan fingerprint density at radius 2 is 2.02 bits per heavy atom. The van der Waals surface area contributed by atoms with Gasteiger partial charge in [-0.25, -0.2) is 14.4 Å². The average Bonchev–Trinajstić information content (AvgIpc) is 3.42. The molecule has 1 aliphatic rings. The summed E-state index contributed by atoms with van der Waals surface area (Å²) >= 11 is 6.45. The van der Waals surface area contributed by atoms with E-state index in [1.54, 1.807) is 42.0 Å². The van der Waals surface area contributed by atoms with Gasteiger partial charge in [0.15, 0.2) is 0 Å². The lowest BCUT2D eigenvalue weighted by Gasteiger charge is -2.27. The molecular formula is C28H32ClFN6O5. The highest BCUT2D eigenvalue weighted by atomic mass is 35.5. The number of aromatic nitrogens is 4. The summed E-state index contributed by atoms with van der Waals surface area (Å²) in [5.74, 6) is 0.188. The Morgan fingerprint density at radius 3 is 2.76 bits per heavy atom. The Balaban J connectivity index is 1.38. The number of hydrogen-bond donors (Lipinski definition) is 4. The number of aliphatic hydroxyl groups excluding tert-OH is 2. The summed E-state index contributed by atoms with van der Waals surface area (Å²) in [5.41, 5.74) is 1.50. The number of aliphatic hydroxyl groups is 2. The molecule has 0 radical (unpaired) electrons. The molecule has 0 saturated carbocycles. The van der Waals surface area contributed by atoms with Gasteiger partial charge in [0.25, 0.3) is 5.56 Å². The SMILES string of the molecule is COc1cc(F)cc([C@@H](CO)NC(O)[C@H](C)n2ccn3cc(-c4nc(NC5CCOCC5)ncc4Cl)cc3c2=O)c1. The van der Waals surface area contributed by atoms with E-state index >= 15 is 0 Å². The zero-order valence-corrected chi connectivity index (χ0v) is 23.4. The first-order valence-electron chi connectivity index (χ1n) is 13.3. The van der Waals surface area contributed by atoms with Crippen molar-refractivity contribution in [2.24, 2.45) is 0 Å². The van der Waals surface area contributed by atoms with Gasteiger partial charge in [-0.1, -0.05) is 11.6 Å². The van der Waals surface area contributed by atoms with Crippen molar-refractivity contribution in [2.45, 2.75) is 44.1 Å². The van der Waals surface area contributed by atoms with E-state index in [2.05, 4.69) is 20.6 Å². The second-order valence-corrected chi connectivity index (χ2v) is 10.4. The molecule has 13 heteroatoms. The van der Waals surface area contributed by atoms with E-state index < -0.39 is 30.7 Å². The largest absolute Gasteiger partial charge is 0.497 e. The Bertz CT molecular complexity index is 1570. The normalized spacial score (nSPS) is 16.4. The van der Waals surface area contributed by atoms with Crippen molar-refractivity contribution in [1.29, 1.82) is 0 Å². The van der Waals surface area contributed by atoms with Crippen molar-refractivity contribution in [2.75, 3.05) is 32.2 Å². The van der Waals surface area contributed by atoms with Crippen LogP contribution >= 0.6 is 11.6 Å². The molecule has 1 aromatic carbocycles. The fourth-order valence-electron chi connectivity index (χ4n) is 4.89. The minimum atomic E-state index is -1.26. The van der Waals surface area contributed by atoms with Gasteiger partial charge < -0.3 is 34.0 Å².